The van der Waals surface area contributed by atoms with E-state index in [0.29, 0.717) is 12.1 Å². The third-order valence-electron chi connectivity index (χ3n) is 7.22. The number of aliphatic hydroxyl groups is 2. The highest BCUT2D eigenvalue weighted by Gasteiger charge is 2.47. The Kier molecular flexibility index (Phi) is 7.66. The van der Waals surface area contributed by atoms with Gasteiger partial charge >= 0.3 is 6.18 Å². The maximum absolute atomic E-state index is 13.7. The number of hydrogen-bond donors (Lipinski definition) is 3. The minimum absolute atomic E-state index is 0.0377. The van der Waals surface area contributed by atoms with Crippen molar-refractivity contribution in [2.45, 2.75) is 37.2 Å². The SMILES string of the molecule is O=C1NC(c2ccc(F)c(C(F)(F)F)c2)=NC12CCN([SH+](=O)/C=C/c1cccc3c1ccn3C[C@H](O)CO)CC2. The van der Waals surface area contributed by atoms with Crippen molar-refractivity contribution in [1.82, 2.24) is 14.2 Å². The number of carbonyl (C=O) groups excluding carboxylic acids is 1. The van der Waals surface area contributed by atoms with Gasteiger partial charge in [-0.3, -0.25) is 9.79 Å². The van der Waals surface area contributed by atoms with Gasteiger partial charge in [-0.15, -0.1) is 4.31 Å². The van der Waals surface area contributed by atoms with Gasteiger partial charge in [0.25, 0.3) is 5.91 Å². The largest absolute Gasteiger partial charge is 0.419 e. The summed E-state index contributed by atoms with van der Waals surface area (Å²) >= 11 is 0. The predicted molar refractivity (Wildman–Crippen MR) is 143 cm³/mol. The number of rotatable bonds is 7. The van der Waals surface area contributed by atoms with Crippen LogP contribution in [-0.4, -0.2) is 62.2 Å². The van der Waals surface area contributed by atoms with Crippen molar-refractivity contribution in [3.63, 3.8) is 0 Å². The number of aliphatic imine (C=N–C) groups is 1. The number of halogens is 4. The molecule has 2 aromatic carbocycles. The average molecular weight is 580 g/mol. The number of carbonyl (C=O) groups is 1. The molecule has 40 heavy (non-hydrogen) atoms. The summed E-state index contributed by atoms with van der Waals surface area (Å²) in [5.41, 5.74) is -0.977. The smallest absolute Gasteiger partial charge is 0.394 e. The summed E-state index contributed by atoms with van der Waals surface area (Å²) in [6, 6.07) is 9.96. The first-order valence-electron chi connectivity index (χ1n) is 12.6. The number of amidine groups is 1. The molecule has 0 bridgehead atoms. The second-order valence-corrected chi connectivity index (χ2v) is 11.3. The van der Waals surface area contributed by atoms with E-state index < -0.39 is 46.1 Å². The first kappa shape index (κ1) is 28.1. The standard InChI is InChI=1S/C27H26F4N4O4S/c28-22-5-4-18(14-21(22)27(29,30)31)24-32-25(38)26(33-24)8-11-35(12-9-26)40(39)13-7-17-2-1-3-23-20(17)6-10-34(23)15-19(37)16-36/h1-7,10,13-14,19,36-37H,8-9,11-12,15-16H2,(H,32,33,38)/p+1/b13-7+/t19-,40?/m0/s1. The molecule has 0 aliphatic carbocycles. The number of aromatic nitrogens is 1. The zero-order valence-electron chi connectivity index (χ0n) is 21.1. The molecular weight excluding hydrogens is 552 g/mol. The van der Waals surface area contributed by atoms with Gasteiger partial charge in [-0.1, -0.05) is 16.3 Å². The van der Waals surface area contributed by atoms with Crippen LogP contribution < -0.4 is 5.32 Å². The number of hydrogen-bond acceptors (Lipinski definition) is 5. The van der Waals surface area contributed by atoms with Gasteiger partial charge < -0.3 is 20.1 Å². The van der Waals surface area contributed by atoms with Crippen LogP contribution in [0.2, 0.25) is 0 Å². The fraction of sp³-hybridized carbons (Fsp3) is 0.333. The van der Waals surface area contributed by atoms with Crippen molar-refractivity contribution in [3.8, 4) is 0 Å². The average Bonchev–Trinajstić information content (AvgIpc) is 3.48. The first-order chi connectivity index (χ1) is 19.0. The molecule has 1 aromatic heterocycles. The van der Waals surface area contributed by atoms with E-state index in [4.69, 9.17) is 5.11 Å². The van der Waals surface area contributed by atoms with Gasteiger partial charge in [0, 0.05) is 35.8 Å². The Hall–Kier alpha value is -3.39. The molecule has 1 amide bonds. The maximum atomic E-state index is 13.7. The number of fused-ring (bicyclic) bond motifs is 1. The normalized spacial score (nSPS) is 19.4. The molecule has 2 aliphatic rings. The lowest BCUT2D eigenvalue weighted by molar-refractivity contribution is -0.140. The zero-order chi connectivity index (χ0) is 28.7. The Morgan fingerprint density at radius 2 is 1.93 bits per heavy atom. The van der Waals surface area contributed by atoms with Gasteiger partial charge in [0.2, 0.25) is 0 Å². The van der Waals surface area contributed by atoms with Crippen LogP contribution in [0.25, 0.3) is 17.0 Å². The third-order valence-corrected chi connectivity index (χ3v) is 8.58. The lowest BCUT2D eigenvalue weighted by Gasteiger charge is -2.31. The van der Waals surface area contributed by atoms with Gasteiger partial charge in [-0.2, -0.15) is 13.2 Å². The molecule has 1 unspecified atom stereocenters. The summed E-state index contributed by atoms with van der Waals surface area (Å²) in [5.74, 6) is -1.90. The topological polar surface area (TPSA) is 107 Å². The Labute approximate surface area is 229 Å². The van der Waals surface area contributed by atoms with Crippen molar-refractivity contribution >= 4 is 39.7 Å². The Bertz CT molecular complexity index is 1530. The molecule has 212 valence electrons. The van der Waals surface area contributed by atoms with Crippen molar-refractivity contribution < 1.29 is 36.8 Å². The van der Waals surface area contributed by atoms with Crippen LogP contribution in [0.4, 0.5) is 17.6 Å². The number of nitrogens with one attached hydrogen (secondary N) is 1. The molecular formula is C27H27F4N4O4S+. The van der Waals surface area contributed by atoms with E-state index in [-0.39, 0.29) is 50.5 Å². The van der Waals surface area contributed by atoms with E-state index in [1.54, 1.807) is 15.8 Å². The molecule has 3 heterocycles. The lowest BCUT2D eigenvalue weighted by atomic mass is 9.89. The van der Waals surface area contributed by atoms with Gasteiger partial charge in [0.15, 0.2) is 11.0 Å². The number of benzene rings is 2. The summed E-state index contributed by atoms with van der Waals surface area (Å²) < 4.78 is 69.8. The number of nitrogens with zero attached hydrogens (tertiary/aromatic N) is 3. The van der Waals surface area contributed by atoms with Crippen LogP contribution in [0.3, 0.4) is 0 Å². The van der Waals surface area contributed by atoms with Gasteiger partial charge in [0.05, 0.1) is 24.8 Å². The number of thiol groups is 1. The molecule has 0 radical (unpaired) electrons. The molecule has 2 atom stereocenters. The molecule has 8 nitrogen and oxygen atoms in total. The van der Waals surface area contributed by atoms with E-state index >= 15 is 0 Å². The van der Waals surface area contributed by atoms with Crippen molar-refractivity contribution in [3.05, 3.63) is 76.6 Å². The van der Waals surface area contributed by atoms with Gasteiger partial charge in [0.1, 0.15) is 22.6 Å². The summed E-state index contributed by atoms with van der Waals surface area (Å²) in [6.45, 7) is 0.441. The molecule has 1 saturated heterocycles. The third kappa shape index (κ3) is 5.46. The van der Waals surface area contributed by atoms with E-state index in [1.165, 1.54) is 0 Å². The van der Waals surface area contributed by atoms with Crippen molar-refractivity contribution in [2.75, 3.05) is 19.7 Å². The van der Waals surface area contributed by atoms with Crippen LogP contribution in [0.1, 0.15) is 29.5 Å². The van der Waals surface area contributed by atoms with Crippen LogP contribution in [0.15, 0.2) is 59.1 Å². The fourth-order valence-electron chi connectivity index (χ4n) is 5.02. The number of piperidine rings is 1. The van der Waals surface area contributed by atoms with E-state index in [1.807, 2.05) is 35.0 Å². The Balaban J connectivity index is 1.27. The fourth-order valence-corrected chi connectivity index (χ4v) is 6.09. The second kappa shape index (κ2) is 10.9. The van der Waals surface area contributed by atoms with Crippen LogP contribution in [0.5, 0.6) is 0 Å². The van der Waals surface area contributed by atoms with Crippen LogP contribution >= 0.6 is 0 Å². The second-order valence-electron chi connectivity index (χ2n) is 9.79. The molecule has 1 fully saturated rings. The minimum atomic E-state index is -4.89. The summed E-state index contributed by atoms with van der Waals surface area (Å²) in [6.07, 6.45) is -1.77. The van der Waals surface area contributed by atoms with Crippen LogP contribution in [-0.2, 0) is 32.7 Å². The van der Waals surface area contributed by atoms with E-state index in [2.05, 4.69) is 10.3 Å². The highest BCUT2D eigenvalue weighted by Crippen LogP contribution is 2.35. The highest BCUT2D eigenvalue weighted by atomic mass is 32.2. The highest BCUT2D eigenvalue weighted by molar-refractivity contribution is 7.85. The quantitative estimate of drug-likeness (QED) is 0.227. The van der Waals surface area contributed by atoms with E-state index in [9.17, 15) is 31.7 Å². The molecule has 5 rings (SSSR count). The van der Waals surface area contributed by atoms with E-state index in [0.717, 1.165) is 22.5 Å². The summed E-state index contributed by atoms with van der Waals surface area (Å²) in [7, 11) is -1.93. The molecule has 0 saturated carbocycles. The molecule has 13 heteroatoms. The molecule has 3 aromatic rings. The predicted octanol–water partition coefficient (Wildman–Crippen LogP) is 3.15. The van der Waals surface area contributed by atoms with Gasteiger partial charge in [-0.25, -0.2) is 4.39 Å². The maximum Gasteiger partial charge on any atom is 0.419 e. The minimum Gasteiger partial charge on any atom is -0.394 e. The van der Waals surface area contributed by atoms with Gasteiger partial charge in [-0.05, 0) is 54.8 Å². The molecule has 2 aliphatic heterocycles. The number of amides is 1. The van der Waals surface area contributed by atoms with Crippen molar-refractivity contribution in [2.24, 2.45) is 4.99 Å². The Morgan fingerprint density at radius 3 is 2.62 bits per heavy atom. The number of aliphatic hydroxyl groups excluding tert-OH is 2. The first-order valence-corrected chi connectivity index (χ1v) is 13.8. The monoisotopic (exact) mass is 579 g/mol. The Morgan fingerprint density at radius 1 is 1.18 bits per heavy atom. The molecule has 3 N–H and O–H groups in total. The summed E-state index contributed by atoms with van der Waals surface area (Å²) in [5, 5.41) is 23.9. The molecule has 1 spiro atoms. The zero-order valence-corrected chi connectivity index (χ0v) is 22.0. The lowest BCUT2D eigenvalue weighted by Crippen LogP contribution is -2.49. The number of alkyl halides is 3. The summed E-state index contributed by atoms with van der Waals surface area (Å²) in [4.78, 5) is 17.2. The van der Waals surface area contributed by atoms with Crippen molar-refractivity contribution in [1.29, 1.82) is 0 Å². The van der Waals surface area contributed by atoms with Crippen LogP contribution in [0, 0.1) is 5.82 Å².